The van der Waals surface area contributed by atoms with Gasteiger partial charge in [-0.15, -0.1) is 0 Å². The Morgan fingerprint density at radius 1 is 1.03 bits per heavy atom. The summed E-state index contributed by atoms with van der Waals surface area (Å²) in [5.41, 5.74) is 5.52. The number of allylic oxidation sites excluding steroid dienone is 1. The Morgan fingerprint density at radius 2 is 1.62 bits per heavy atom. The maximum atomic E-state index is 12.7. The SMILES string of the molecule is Cc1nsc(-c2ccc(-c3ccc(C4(C(=O)O)CC4)cc3)cc2)c1NC(=O)O[C@H](C)C1=C(Cl)CCCC1. The molecule has 5 rings (SSSR count). The number of halogens is 1. The van der Waals surface area contributed by atoms with Crippen LogP contribution in [0.3, 0.4) is 0 Å². The average Bonchev–Trinajstić information content (AvgIpc) is 3.64. The molecule has 0 spiro atoms. The Hall–Kier alpha value is -3.16. The molecule has 1 saturated carbocycles. The zero-order valence-corrected chi connectivity index (χ0v) is 22.4. The van der Waals surface area contributed by atoms with E-state index < -0.39 is 17.5 Å². The number of carboxylic acids is 1. The first-order valence-corrected chi connectivity index (χ1v) is 13.7. The molecule has 3 aromatic rings. The number of anilines is 1. The summed E-state index contributed by atoms with van der Waals surface area (Å²) in [6.07, 6.45) is 4.31. The van der Waals surface area contributed by atoms with Gasteiger partial charge in [-0.3, -0.25) is 10.1 Å². The minimum absolute atomic E-state index is 0.376. The number of hydrogen-bond donors (Lipinski definition) is 2. The summed E-state index contributed by atoms with van der Waals surface area (Å²) in [6.45, 7) is 3.72. The third kappa shape index (κ3) is 5.15. The molecule has 1 aromatic heterocycles. The van der Waals surface area contributed by atoms with Crippen molar-refractivity contribution in [3.05, 3.63) is 70.4 Å². The summed E-state index contributed by atoms with van der Waals surface area (Å²) in [5.74, 6) is -0.748. The van der Waals surface area contributed by atoms with E-state index in [-0.39, 0.29) is 6.10 Å². The second-order valence-corrected chi connectivity index (χ2v) is 11.1. The molecule has 192 valence electrons. The van der Waals surface area contributed by atoms with Crippen LogP contribution in [0.25, 0.3) is 21.6 Å². The van der Waals surface area contributed by atoms with Crippen LogP contribution in [0, 0.1) is 6.92 Å². The highest BCUT2D eigenvalue weighted by molar-refractivity contribution is 7.10. The number of hydrogen-bond acceptors (Lipinski definition) is 5. The summed E-state index contributed by atoms with van der Waals surface area (Å²) in [6, 6.07) is 15.8. The Balaban J connectivity index is 1.29. The van der Waals surface area contributed by atoms with Gasteiger partial charge in [-0.1, -0.05) is 60.1 Å². The number of nitrogens with zero attached hydrogens (tertiary/aromatic N) is 1. The van der Waals surface area contributed by atoms with Crippen LogP contribution in [-0.4, -0.2) is 27.6 Å². The van der Waals surface area contributed by atoms with E-state index in [0.717, 1.165) is 69.1 Å². The number of aryl methyl sites for hydroxylation is 1. The van der Waals surface area contributed by atoms with Crippen LogP contribution in [0.5, 0.6) is 0 Å². The largest absolute Gasteiger partial charge is 0.481 e. The smallest absolute Gasteiger partial charge is 0.412 e. The predicted molar refractivity (Wildman–Crippen MR) is 147 cm³/mol. The van der Waals surface area contributed by atoms with Crippen LogP contribution in [0.4, 0.5) is 10.5 Å². The molecule has 8 heteroatoms. The van der Waals surface area contributed by atoms with Crippen molar-refractivity contribution >= 4 is 40.9 Å². The van der Waals surface area contributed by atoms with E-state index in [2.05, 4.69) is 9.69 Å². The van der Waals surface area contributed by atoms with E-state index in [1.54, 1.807) is 0 Å². The van der Waals surface area contributed by atoms with Crippen LogP contribution >= 0.6 is 23.1 Å². The second-order valence-electron chi connectivity index (χ2n) is 9.82. The van der Waals surface area contributed by atoms with Gasteiger partial charge >= 0.3 is 12.1 Å². The molecular formula is C29H29ClN2O4S. The molecule has 0 radical (unpaired) electrons. The van der Waals surface area contributed by atoms with Crippen LogP contribution < -0.4 is 5.32 Å². The van der Waals surface area contributed by atoms with Crippen molar-refractivity contribution in [3.63, 3.8) is 0 Å². The summed E-state index contributed by atoms with van der Waals surface area (Å²) < 4.78 is 10.1. The molecule has 2 N–H and O–H groups in total. The number of aliphatic carboxylic acids is 1. The van der Waals surface area contributed by atoms with E-state index in [1.165, 1.54) is 11.5 Å². The molecule has 6 nitrogen and oxygen atoms in total. The molecule has 1 heterocycles. The number of rotatable bonds is 7. The van der Waals surface area contributed by atoms with Crippen LogP contribution in [-0.2, 0) is 14.9 Å². The molecule has 1 amide bonds. The first-order valence-electron chi connectivity index (χ1n) is 12.5. The summed E-state index contributed by atoms with van der Waals surface area (Å²) in [7, 11) is 0. The summed E-state index contributed by atoms with van der Waals surface area (Å²) in [4.78, 5) is 25.2. The lowest BCUT2D eigenvalue weighted by atomic mass is 9.93. The molecule has 0 bridgehead atoms. The van der Waals surface area contributed by atoms with Crippen LogP contribution in [0.1, 0.15) is 56.7 Å². The number of carbonyl (C=O) groups excluding carboxylic acids is 1. The second kappa shape index (κ2) is 10.3. The lowest BCUT2D eigenvalue weighted by Crippen LogP contribution is -2.23. The monoisotopic (exact) mass is 536 g/mol. The van der Waals surface area contributed by atoms with Gasteiger partial charge in [0, 0.05) is 5.03 Å². The minimum Gasteiger partial charge on any atom is -0.481 e. The van der Waals surface area contributed by atoms with Gasteiger partial charge in [-0.05, 0) is 91.7 Å². The minimum atomic E-state index is -0.748. The van der Waals surface area contributed by atoms with Gasteiger partial charge in [0.25, 0.3) is 0 Å². The quantitative estimate of drug-likeness (QED) is 0.320. The number of carbonyl (C=O) groups is 2. The molecule has 0 aliphatic heterocycles. The van der Waals surface area contributed by atoms with Crippen molar-refractivity contribution in [1.29, 1.82) is 0 Å². The fraction of sp³-hybridized carbons (Fsp3) is 0.345. The van der Waals surface area contributed by atoms with E-state index in [1.807, 2.05) is 62.4 Å². The fourth-order valence-electron chi connectivity index (χ4n) is 4.94. The molecule has 2 aliphatic rings. The van der Waals surface area contributed by atoms with Crippen LogP contribution in [0.15, 0.2) is 59.1 Å². The number of aromatic nitrogens is 1. The lowest BCUT2D eigenvalue weighted by molar-refractivity contribution is -0.140. The predicted octanol–water partition coefficient (Wildman–Crippen LogP) is 7.91. The normalized spacial score (nSPS) is 17.3. The Morgan fingerprint density at radius 3 is 2.22 bits per heavy atom. The first kappa shape index (κ1) is 25.5. The summed E-state index contributed by atoms with van der Waals surface area (Å²) >= 11 is 7.70. The third-order valence-corrected chi connectivity index (χ3v) is 8.80. The van der Waals surface area contributed by atoms with Crippen molar-refractivity contribution < 1.29 is 19.4 Å². The zero-order valence-electron chi connectivity index (χ0n) is 20.8. The van der Waals surface area contributed by atoms with Crippen molar-refractivity contribution in [2.75, 3.05) is 5.32 Å². The van der Waals surface area contributed by atoms with Gasteiger partial charge in [-0.2, -0.15) is 4.37 Å². The number of amides is 1. The van der Waals surface area contributed by atoms with Crippen LogP contribution in [0.2, 0.25) is 0 Å². The molecule has 2 aromatic carbocycles. The van der Waals surface area contributed by atoms with Crippen molar-refractivity contribution in [3.8, 4) is 21.6 Å². The molecule has 37 heavy (non-hydrogen) atoms. The van der Waals surface area contributed by atoms with Gasteiger partial charge in [0.2, 0.25) is 0 Å². The van der Waals surface area contributed by atoms with E-state index in [9.17, 15) is 14.7 Å². The summed E-state index contributed by atoms with van der Waals surface area (Å²) in [5, 5.41) is 13.2. The molecule has 2 aliphatic carbocycles. The topological polar surface area (TPSA) is 88.5 Å². The maximum Gasteiger partial charge on any atom is 0.412 e. The molecular weight excluding hydrogens is 508 g/mol. The van der Waals surface area contributed by atoms with Gasteiger partial charge in [-0.25, -0.2) is 4.79 Å². The number of benzene rings is 2. The third-order valence-electron chi connectivity index (χ3n) is 7.38. The van der Waals surface area contributed by atoms with E-state index in [0.29, 0.717) is 18.5 Å². The highest BCUT2D eigenvalue weighted by Crippen LogP contribution is 2.48. The van der Waals surface area contributed by atoms with Gasteiger partial charge in [0.15, 0.2) is 0 Å². The first-order chi connectivity index (χ1) is 17.8. The van der Waals surface area contributed by atoms with Crippen molar-refractivity contribution in [2.45, 2.75) is 63.9 Å². The number of ether oxygens (including phenoxy) is 1. The lowest BCUT2D eigenvalue weighted by Gasteiger charge is -2.22. The van der Waals surface area contributed by atoms with Gasteiger partial charge in [0.1, 0.15) is 6.10 Å². The van der Waals surface area contributed by atoms with Gasteiger partial charge in [0.05, 0.1) is 21.7 Å². The van der Waals surface area contributed by atoms with E-state index >= 15 is 0 Å². The standard InChI is InChI=1S/C29H29ClN2O4S/c1-17-25(31-28(35)36-18(2)23-5-3-4-6-24(23)30)26(37-32-17)21-9-7-19(8-10-21)20-11-13-22(14-12-20)29(15-16-29)27(33)34/h7-14,18H,3-6,15-16H2,1-2H3,(H,31,35)(H,33,34)/t18-/m1/s1. The number of nitrogens with one attached hydrogen (secondary N) is 1. The average molecular weight is 537 g/mol. The van der Waals surface area contributed by atoms with E-state index in [4.69, 9.17) is 16.3 Å². The molecule has 1 atom stereocenters. The highest BCUT2D eigenvalue weighted by atomic mass is 35.5. The zero-order chi connectivity index (χ0) is 26.2. The maximum absolute atomic E-state index is 12.7. The Kier molecular flexibility index (Phi) is 7.10. The fourth-order valence-corrected chi connectivity index (χ4v) is 6.17. The number of carboxylic acid groups (broad SMARTS) is 1. The van der Waals surface area contributed by atoms with Gasteiger partial charge < -0.3 is 9.84 Å². The highest BCUT2D eigenvalue weighted by Gasteiger charge is 2.51. The molecule has 1 fully saturated rings. The Labute approximate surface area is 225 Å². The van der Waals surface area contributed by atoms with Crippen molar-refractivity contribution in [1.82, 2.24) is 4.37 Å². The molecule has 0 saturated heterocycles. The Bertz CT molecular complexity index is 1360. The van der Waals surface area contributed by atoms with Crippen molar-refractivity contribution in [2.24, 2.45) is 0 Å². The molecule has 0 unspecified atom stereocenters.